The first-order chi connectivity index (χ1) is 16.6. The highest BCUT2D eigenvalue weighted by atomic mass is 35.5. The predicted octanol–water partition coefficient (Wildman–Crippen LogP) is 4.54. The highest BCUT2D eigenvalue weighted by Gasteiger charge is 2.26. The van der Waals surface area contributed by atoms with E-state index in [1.165, 1.54) is 23.9 Å². The zero-order valence-corrected chi connectivity index (χ0v) is 21.2. The zero-order valence-electron chi connectivity index (χ0n) is 19.6. The molecular formula is C23H25ClN6O4S. The average molecular weight is 517 g/mol. The van der Waals surface area contributed by atoms with Crippen LogP contribution in [-0.4, -0.2) is 37.3 Å². The van der Waals surface area contributed by atoms with Crippen LogP contribution in [0, 0.1) is 23.0 Å². The molecule has 2 N–H and O–H groups in total. The van der Waals surface area contributed by atoms with Crippen molar-refractivity contribution in [2.45, 2.75) is 32.0 Å². The van der Waals surface area contributed by atoms with Gasteiger partial charge in [0.15, 0.2) is 11.0 Å². The van der Waals surface area contributed by atoms with Crippen molar-refractivity contribution in [2.75, 3.05) is 11.1 Å². The van der Waals surface area contributed by atoms with Gasteiger partial charge in [0.25, 0.3) is 11.6 Å². The fraction of sp³-hybridized carbons (Fsp3) is 0.304. The van der Waals surface area contributed by atoms with Crippen LogP contribution in [-0.2, 0) is 11.8 Å². The van der Waals surface area contributed by atoms with E-state index >= 15 is 0 Å². The first-order valence-electron chi connectivity index (χ1n) is 10.7. The number of nitrogens with one attached hydrogen (secondary N) is 2. The number of rotatable bonds is 9. The summed E-state index contributed by atoms with van der Waals surface area (Å²) >= 11 is 7.33. The molecule has 2 amide bonds. The molecule has 0 bridgehead atoms. The number of carbonyl (C=O) groups is 2. The molecule has 3 aromatic rings. The van der Waals surface area contributed by atoms with Crippen molar-refractivity contribution in [3.8, 4) is 0 Å². The van der Waals surface area contributed by atoms with E-state index in [-0.39, 0.29) is 29.2 Å². The monoisotopic (exact) mass is 516 g/mol. The van der Waals surface area contributed by atoms with Crippen LogP contribution in [0.5, 0.6) is 0 Å². The smallest absolute Gasteiger partial charge is 0.271 e. The quantitative estimate of drug-likeness (QED) is 0.242. The summed E-state index contributed by atoms with van der Waals surface area (Å²) in [4.78, 5) is 35.8. The van der Waals surface area contributed by atoms with Crippen LogP contribution in [0.15, 0.2) is 47.6 Å². The third kappa shape index (κ3) is 6.37. The molecule has 12 heteroatoms. The maximum Gasteiger partial charge on any atom is 0.271 e. The Bertz CT molecular complexity index is 1260. The Hall–Kier alpha value is -3.44. The van der Waals surface area contributed by atoms with E-state index in [4.69, 9.17) is 11.6 Å². The van der Waals surface area contributed by atoms with E-state index in [2.05, 4.69) is 20.8 Å². The van der Waals surface area contributed by atoms with Gasteiger partial charge in [-0.1, -0.05) is 55.4 Å². The van der Waals surface area contributed by atoms with Crippen LogP contribution in [0.25, 0.3) is 0 Å². The number of hydrogen-bond donors (Lipinski definition) is 2. The molecule has 0 unspecified atom stereocenters. The van der Waals surface area contributed by atoms with Gasteiger partial charge in [-0.3, -0.25) is 19.7 Å². The van der Waals surface area contributed by atoms with Gasteiger partial charge in [0.1, 0.15) is 0 Å². The number of amides is 2. The van der Waals surface area contributed by atoms with E-state index in [0.717, 1.165) is 0 Å². The molecule has 1 aromatic heterocycles. The summed E-state index contributed by atoms with van der Waals surface area (Å²) < 4.78 is 1.73. The van der Waals surface area contributed by atoms with Gasteiger partial charge in [-0.25, -0.2) is 0 Å². The summed E-state index contributed by atoms with van der Waals surface area (Å²) in [7, 11) is 1.76. The lowest BCUT2D eigenvalue weighted by atomic mass is 10.0. The normalized spacial score (nSPS) is 11.8. The van der Waals surface area contributed by atoms with Gasteiger partial charge >= 0.3 is 0 Å². The molecule has 35 heavy (non-hydrogen) atoms. The Labute approximate surface area is 211 Å². The summed E-state index contributed by atoms with van der Waals surface area (Å²) in [5.74, 6) is -0.0964. The number of nitrogens with zero attached hydrogens (tertiary/aromatic N) is 4. The molecule has 0 aliphatic carbocycles. The minimum atomic E-state index is -0.513. The SMILES string of the molecule is Cc1ccc([N+](=O)[O-])cc1NC(=O)CSc1nnc([C@@H](NC(=O)c2ccccc2Cl)C(C)C)n1C. The van der Waals surface area contributed by atoms with Crippen molar-refractivity contribution in [3.63, 3.8) is 0 Å². The first kappa shape index (κ1) is 26.2. The van der Waals surface area contributed by atoms with Crippen LogP contribution in [0.2, 0.25) is 5.02 Å². The summed E-state index contributed by atoms with van der Waals surface area (Å²) in [6, 6.07) is 10.6. The largest absolute Gasteiger partial charge is 0.342 e. The van der Waals surface area contributed by atoms with Gasteiger partial charge < -0.3 is 15.2 Å². The number of hydrogen-bond acceptors (Lipinski definition) is 7. The standard InChI is InChI=1S/C23H25ClN6O4S/c1-13(2)20(26-22(32)16-7-5-6-8-17(16)24)21-27-28-23(29(21)4)35-12-19(31)25-18-11-15(30(33)34)10-9-14(18)3/h5-11,13,20H,12H2,1-4H3,(H,25,31)(H,26,32)/t20-/m0/s1. The van der Waals surface area contributed by atoms with Crippen LogP contribution >= 0.6 is 23.4 Å². The second kappa shape index (κ2) is 11.3. The Morgan fingerprint density at radius 2 is 1.91 bits per heavy atom. The van der Waals surface area contributed by atoms with E-state index in [9.17, 15) is 19.7 Å². The lowest BCUT2D eigenvalue weighted by Gasteiger charge is -2.22. The van der Waals surface area contributed by atoms with Crippen molar-refractivity contribution < 1.29 is 14.5 Å². The molecular weight excluding hydrogens is 492 g/mol. The fourth-order valence-electron chi connectivity index (χ4n) is 3.29. The molecule has 0 saturated heterocycles. The maximum atomic E-state index is 12.8. The van der Waals surface area contributed by atoms with Crippen molar-refractivity contribution >= 4 is 46.6 Å². The van der Waals surface area contributed by atoms with Crippen molar-refractivity contribution in [1.29, 1.82) is 0 Å². The van der Waals surface area contributed by atoms with Gasteiger partial charge in [0, 0.05) is 19.2 Å². The van der Waals surface area contributed by atoms with E-state index in [1.54, 1.807) is 48.9 Å². The second-order valence-electron chi connectivity index (χ2n) is 8.17. The number of nitro benzene ring substituents is 1. The molecule has 0 aliphatic rings. The molecule has 0 radical (unpaired) electrons. The molecule has 10 nitrogen and oxygen atoms in total. The number of aromatic nitrogens is 3. The van der Waals surface area contributed by atoms with Crippen LogP contribution in [0.4, 0.5) is 11.4 Å². The lowest BCUT2D eigenvalue weighted by Crippen LogP contribution is -2.33. The average Bonchev–Trinajstić information content (AvgIpc) is 3.17. The molecule has 3 rings (SSSR count). The summed E-state index contributed by atoms with van der Waals surface area (Å²) in [5.41, 5.74) is 1.36. The maximum absolute atomic E-state index is 12.8. The number of benzene rings is 2. The van der Waals surface area contributed by atoms with Crippen molar-refractivity contribution in [3.05, 3.63) is 74.6 Å². The highest BCUT2D eigenvalue weighted by Crippen LogP contribution is 2.26. The summed E-state index contributed by atoms with van der Waals surface area (Å²) in [5, 5.41) is 26.0. The number of halogens is 1. The minimum absolute atomic E-state index is 0.00216. The van der Waals surface area contributed by atoms with Crippen LogP contribution in [0.1, 0.15) is 41.6 Å². The van der Waals surface area contributed by atoms with Crippen molar-refractivity contribution in [2.24, 2.45) is 13.0 Å². The summed E-state index contributed by atoms with van der Waals surface area (Å²) in [6.45, 7) is 5.66. The zero-order chi connectivity index (χ0) is 25.7. The third-order valence-electron chi connectivity index (χ3n) is 5.26. The fourth-order valence-corrected chi connectivity index (χ4v) is 4.23. The number of anilines is 1. The Morgan fingerprint density at radius 3 is 2.57 bits per heavy atom. The number of thioether (sulfide) groups is 1. The topological polar surface area (TPSA) is 132 Å². The number of aryl methyl sites for hydroxylation is 1. The molecule has 1 atom stereocenters. The number of non-ortho nitro benzene ring substituents is 1. The van der Waals surface area contributed by atoms with Crippen LogP contribution < -0.4 is 10.6 Å². The highest BCUT2D eigenvalue weighted by molar-refractivity contribution is 7.99. The van der Waals surface area contributed by atoms with E-state index < -0.39 is 11.0 Å². The Balaban J connectivity index is 1.69. The predicted molar refractivity (Wildman–Crippen MR) is 135 cm³/mol. The van der Waals surface area contributed by atoms with Gasteiger partial charge in [0.05, 0.1) is 33.0 Å². The Morgan fingerprint density at radius 1 is 1.20 bits per heavy atom. The molecule has 0 aliphatic heterocycles. The molecule has 0 fully saturated rings. The van der Waals surface area contributed by atoms with Gasteiger partial charge in [-0.15, -0.1) is 10.2 Å². The molecule has 1 heterocycles. The first-order valence-corrected chi connectivity index (χ1v) is 12.1. The van der Waals surface area contributed by atoms with Crippen LogP contribution in [0.3, 0.4) is 0 Å². The van der Waals surface area contributed by atoms with Gasteiger partial charge in [-0.05, 0) is 30.5 Å². The van der Waals surface area contributed by atoms with E-state index in [0.29, 0.717) is 32.8 Å². The van der Waals surface area contributed by atoms with E-state index in [1.807, 2.05) is 13.8 Å². The number of carbonyl (C=O) groups excluding carboxylic acids is 2. The summed E-state index contributed by atoms with van der Waals surface area (Å²) in [6.07, 6.45) is 0. The second-order valence-corrected chi connectivity index (χ2v) is 9.52. The molecule has 0 saturated carbocycles. The molecule has 184 valence electrons. The third-order valence-corrected chi connectivity index (χ3v) is 6.61. The Kier molecular flexibility index (Phi) is 8.47. The minimum Gasteiger partial charge on any atom is -0.342 e. The molecule has 0 spiro atoms. The van der Waals surface area contributed by atoms with Gasteiger partial charge in [0.2, 0.25) is 5.91 Å². The lowest BCUT2D eigenvalue weighted by molar-refractivity contribution is -0.384. The molecule has 2 aromatic carbocycles. The number of nitro groups is 1. The van der Waals surface area contributed by atoms with Gasteiger partial charge in [-0.2, -0.15) is 0 Å². The van der Waals surface area contributed by atoms with Crippen molar-refractivity contribution in [1.82, 2.24) is 20.1 Å².